The van der Waals surface area contributed by atoms with Gasteiger partial charge in [-0.1, -0.05) is 12.8 Å². The van der Waals surface area contributed by atoms with E-state index >= 15 is 0 Å². The van der Waals surface area contributed by atoms with Crippen LogP contribution in [0.2, 0.25) is 0 Å². The third kappa shape index (κ3) is 8.78. The number of rotatable bonds is 8. The Bertz CT molecular complexity index is 227. The highest BCUT2D eigenvalue weighted by Gasteiger charge is 2.10. The van der Waals surface area contributed by atoms with Gasteiger partial charge in [0.2, 0.25) is 10.0 Å². The quantitative estimate of drug-likeness (QED) is 0.523. The fourth-order valence-corrected chi connectivity index (χ4v) is 2.77. The van der Waals surface area contributed by atoms with Gasteiger partial charge in [-0.05, 0) is 26.7 Å². The van der Waals surface area contributed by atoms with Crippen LogP contribution >= 0.6 is 11.6 Å². The first-order chi connectivity index (χ1) is 6.48. The maximum absolute atomic E-state index is 11.3. The smallest absolute Gasteiger partial charge is 0.211 e. The second-order valence-corrected chi connectivity index (χ2v) is 5.95. The maximum Gasteiger partial charge on any atom is 0.211 e. The molecule has 0 aromatic rings. The molecular formula is C9H20ClNO2S. The first-order valence-electron chi connectivity index (χ1n) is 5.04. The molecule has 0 aliphatic rings. The van der Waals surface area contributed by atoms with Crippen molar-refractivity contribution in [3.05, 3.63) is 0 Å². The summed E-state index contributed by atoms with van der Waals surface area (Å²) in [4.78, 5) is 0. The lowest BCUT2D eigenvalue weighted by Crippen LogP contribution is -2.32. The van der Waals surface area contributed by atoms with Crippen molar-refractivity contribution in [1.82, 2.24) is 4.72 Å². The van der Waals surface area contributed by atoms with Crippen molar-refractivity contribution in [2.45, 2.75) is 45.6 Å². The zero-order valence-electron chi connectivity index (χ0n) is 8.92. The van der Waals surface area contributed by atoms with Gasteiger partial charge in [-0.15, -0.1) is 11.6 Å². The van der Waals surface area contributed by atoms with Crippen LogP contribution in [-0.4, -0.2) is 26.1 Å². The number of hydrogen-bond donors (Lipinski definition) is 1. The molecular weight excluding hydrogens is 222 g/mol. The molecule has 0 rings (SSSR count). The van der Waals surface area contributed by atoms with Crippen molar-refractivity contribution < 1.29 is 8.42 Å². The van der Waals surface area contributed by atoms with Gasteiger partial charge in [0.15, 0.2) is 0 Å². The Morgan fingerprint density at radius 1 is 1.14 bits per heavy atom. The van der Waals surface area contributed by atoms with Gasteiger partial charge in [0.1, 0.15) is 0 Å². The monoisotopic (exact) mass is 241 g/mol. The van der Waals surface area contributed by atoms with Crippen LogP contribution in [0.3, 0.4) is 0 Å². The summed E-state index contributed by atoms with van der Waals surface area (Å²) in [6.45, 7) is 3.65. The van der Waals surface area contributed by atoms with Crippen molar-refractivity contribution in [3.63, 3.8) is 0 Å². The zero-order chi connectivity index (χ0) is 11.0. The van der Waals surface area contributed by atoms with E-state index in [-0.39, 0.29) is 11.8 Å². The van der Waals surface area contributed by atoms with Crippen molar-refractivity contribution in [2.24, 2.45) is 0 Å². The van der Waals surface area contributed by atoms with Gasteiger partial charge in [0.05, 0.1) is 5.75 Å². The molecule has 0 aliphatic carbocycles. The second-order valence-electron chi connectivity index (χ2n) is 3.69. The van der Waals surface area contributed by atoms with Crippen LogP contribution in [0.15, 0.2) is 0 Å². The van der Waals surface area contributed by atoms with Gasteiger partial charge in [-0.2, -0.15) is 0 Å². The minimum atomic E-state index is -3.05. The topological polar surface area (TPSA) is 46.2 Å². The highest BCUT2D eigenvalue weighted by atomic mass is 35.5. The Hall–Kier alpha value is 0.200. The average Bonchev–Trinajstić information content (AvgIpc) is 2.01. The third-order valence-corrected chi connectivity index (χ3v) is 3.64. The number of nitrogens with one attached hydrogen (secondary N) is 1. The van der Waals surface area contributed by atoms with Crippen molar-refractivity contribution in [2.75, 3.05) is 11.6 Å². The molecule has 0 spiro atoms. The lowest BCUT2D eigenvalue weighted by atomic mass is 10.2. The summed E-state index contributed by atoms with van der Waals surface area (Å²) in [6, 6.07) is -0.0113. The van der Waals surface area contributed by atoms with Crippen LogP contribution in [-0.2, 0) is 10.0 Å². The standard InChI is InChI=1S/C9H20ClNO2S/c1-9(2)11-14(12,13)8-6-4-3-5-7-10/h9,11H,3-8H2,1-2H3. The number of alkyl halides is 1. The highest BCUT2D eigenvalue weighted by molar-refractivity contribution is 7.89. The van der Waals surface area contributed by atoms with Crippen LogP contribution in [0.4, 0.5) is 0 Å². The molecule has 5 heteroatoms. The maximum atomic E-state index is 11.3. The van der Waals surface area contributed by atoms with Crippen molar-refractivity contribution in [1.29, 1.82) is 0 Å². The lowest BCUT2D eigenvalue weighted by Gasteiger charge is -2.08. The molecule has 0 aromatic heterocycles. The Morgan fingerprint density at radius 3 is 2.21 bits per heavy atom. The summed E-state index contributed by atoms with van der Waals surface area (Å²) in [7, 11) is -3.05. The van der Waals surface area contributed by atoms with E-state index < -0.39 is 10.0 Å². The summed E-state index contributed by atoms with van der Waals surface area (Å²) >= 11 is 5.51. The van der Waals surface area contributed by atoms with E-state index in [4.69, 9.17) is 11.6 Å². The molecule has 3 nitrogen and oxygen atoms in total. The van der Waals surface area contributed by atoms with Crippen molar-refractivity contribution >= 4 is 21.6 Å². The van der Waals surface area contributed by atoms with Gasteiger partial charge in [0, 0.05) is 11.9 Å². The molecule has 1 N–H and O–H groups in total. The first kappa shape index (κ1) is 14.2. The van der Waals surface area contributed by atoms with Gasteiger partial charge in [-0.3, -0.25) is 0 Å². The second kappa shape index (κ2) is 7.49. The van der Waals surface area contributed by atoms with E-state index in [1.54, 1.807) is 0 Å². The van der Waals surface area contributed by atoms with Gasteiger partial charge in [-0.25, -0.2) is 13.1 Å². The molecule has 0 aliphatic heterocycles. The fraction of sp³-hybridized carbons (Fsp3) is 1.00. The molecule has 0 bridgehead atoms. The molecule has 0 amide bonds. The van der Waals surface area contributed by atoms with Crippen LogP contribution in [0.25, 0.3) is 0 Å². The molecule has 0 saturated carbocycles. The number of hydrogen-bond acceptors (Lipinski definition) is 2. The average molecular weight is 242 g/mol. The number of sulfonamides is 1. The molecule has 0 atom stereocenters. The largest absolute Gasteiger partial charge is 0.213 e. The Labute approximate surface area is 92.3 Å². The van der Waals surface area contributed by atoms with E-state index in [1.165, 1.54) is 0 Å². The van der Waals surface area contributed by atoms with Crippen LogP contribution in [0.5, 0.6) is 0 Å². The third-order valence-electron chi connectivity index (χ3n) is 1.71. The summed E-state index contributed by atoms with van der Waals surface area (Å²) in [5.74, 6) is 0.893. The number of halogens is 1. The van der Waals surface area contributed by atoms with Crippen molar-refractivity contribution in [3.8, 4) is 0 Å². The molecule has 0 unspecified atom stereocenters. The van der Waals surface area contributed by atoms with E-state index in [1.807, 2.05) is 13.8 Å². The molecule has 0 fully saturated rings. The lowest BCUT2D eigenvalue weighted by molar-refractivity contribution is 0.564. The van der Waals surface area contributed by atoms with Crippen LogP contribution in [0, 0.1) is 0 Å². The molecule has 14 heavy (non-hydrogen) atoms. The predicted octanol–water partition coefficient (Wildman–Crippen LogP) is 2.11. The molecule has 0 saturated heterocycles. The predicted molar refractivity (Wildman–Crippen MR) is 61.2 cm³/mol. The minimum absolute atomic E-state index is 0.0113. The summed E-state index contributed by atoms with van der Waals surface area (Å²) in [5, 5.41) is 0. The summed E-state index contributed by atoms with van der Waals surface area (Å²) < 4.78 is 25.2. The Morgan fingerprint density at radius 2 is 1.71 bits per heavy atom. The van der Waals surface area contributed by atoms with Gasteiger partial charge in [0.25, 0.3) is 0 Å². The minimum Gasteiger partial charge on any atom is -0.213 e. The molecule has 86 valence electrons. The van der Waals surface area contributed by atoms with E-state index in [9.17, 15) is 8.42 Å². The number of unbranched alkanes of at least 4 members (excludes halogenated alkanes) is 3. The fourth-order valence-electron chi connectivity index (χ4n) is 1.16. The SMILES string of the molecule is CC(C)NS(=O)(=O)CCCCCCCl. The van der Waals surface area contributed by atoms with Gasteiger partial charge >= 0.3 is 0 Å². The summed E-state index contributed by atoms with van der Waals surface area (Å²) in [5.41, 5.74) is 0. The molecule has 0 heterocycles. The molecule has 0 aromatic carbocycles. The first-order valence-corrected chi connectivity index (χ1v) is 7.22. The van der Waals surface area contributed by atoms with E-state index in [0.29, 0.717) is 5.88 Å². The van der Waals surface area contributed by atoms with Crippen LogP contribution in [0.1, 0.15) is 39.5 Å². The van der Waals surface area contributed by atoms with E-state index in [0.717, 1.165) is 25.7 Å². The normalized spacial score (nSPS) is 12.3. The van der Waals surface area contributed by atoms with Crippen LogP contribution < -0.4 is 4.72 Å². The highest BCUT2D eigenvalue weighted by Crippen LogP contribution is 2.03. The Kier molecular flexibility index (Phi) is 7.59. The van der Waals surface area contributed by atoms with Gasteiger partial charge < -0.3 is 0 Å². The summed E-state index contributed by atoms with van der Waals surface area (Å²) in [6.07, 6.45) is 3.64. The van der Waals surface area contributed by atoms with E-state index in [2.05, 4.69) is 4.72 Å². The Balaban J connectivity index is 3.56. The molecule has 0 radical (unpaired) electrons. The zero-order valence-corrected chi connectivity index (χ0v) is 10.5.